The van der Waals surface area contributed by atoms with E-state index in [1.165, 1.54) is 18.1 Å². The van der Waals surface area contributed by atoms with E-state index >= 15 is 0 Å². The molecule has 29 heavy (non-hydrogen) atoms. The molecule has 158 valence electrons. The number of para-hydroxylation sites is 1. The van der Waals surface area contributed by atoms with Crippen molar-refractivity contribution in [3.8, 4) is 0 Å². The Morgan fingerprint density at radius 1 is 1.21 bits per heavy atom. The number of carbonyl (C=O) groups excluding carboxylic acids is 2. The van der Waals surface area contributed by atoms with E-state index in [-0.39, 0.29) is 12.1 Å². The molecule has 0 bridgehead atoms. The zero-order chi connectivity index (χ0) is 21.1. The molecule has 0 unspecified atom stereocenters. The maximum absolute atomic E-state index is 13.2. The molecular formula is C23H32N2O4. The lowest BCUT2D eigenvalue weighted by Gasteiger charge is -2.37. The molecule has 1 aromatic carbocycles. The van der Waals surface area contributed by atoms with E-state index in [9.17, 15) is 9.59 Å². The molecule has 0 saturated heterocycles. The van der Waals surface area contributed by atoms with Gasteiger partial charge in [-0.2, -0.15) is 0 Å². The van der Waals surface area contributed by atoms with Crippen molar-refractivity contribution >= 4 is 23.0 Å². The Hall–Kier alpha value is -2.34. The number of hydrogen-bond donors (Lipinski definition) is 1. The second-order valence-corrected chi connectivity index (χ2v) is 8.46. The summed E-state index contributed by atoms with van der Waals surface area (Å²) in [6, 6.07) is 6.83. The molecule has 1 saturated carbocycles. The Morgan fingerprint density at radius 2 is 1.93 bits per heavy atom. The van der Waals surface area contributed by atoms with Crippen molar-refractivity contribution in [1.29, 1.82) is 0 Å². The summed E-state index contributed by atoms with van der Waals surface area (Å²) >= 11 is 0. The van der Waals surface area contributed by atoms with Crippen LogP contribution in [0.2, 0.25) is 0 Å². The number of benzene rings is 1. The van der Waals surface area contributed by atoms with Crippen LogP contribution in [0.25, 0.3) is 10.9 Å². The van der Waals surface area contributed by atoms with E-state index in [0.29, 0.717) is 28.8 Å². The van der Waals surface area contributed by atoms with Crippen LogP contribution in [0.3, 0.4) is 0 Å². The Morgan fingerprint density at radius 3 is 2.59 bits per heavy atom. The lowest BCUT2D eigenvalue weighted by Crippen LogP contribution is -2.38. The van der Waals surface area contributed by atoms with Gasteiger partial charge in [0.1, 0.15) is 12.1 Å². The lowest BCUT2D eigenvalue weighted by atomic mass is 9.75. The summed E-state index contributed by atoms with van der Waals surface area (Å²) in [4.78, 5) is 25.4. The summed E-state index contributed by atoms with van der Waals surface area (Å²) in [6.45, 7) is 6.61. The molecule has 0 amide bonds. The van der Waals surface area contributed by atoms with Gasteiger partial charge in [-0.25, -0.2) is 9.59 Å². The Bertz CT molecular complexity index is 873. The number of nitrogens with zero attached hydrogens (tertiary/aromatic N) is 1. The third-order valence-corrected chi connectivity index (χ3v) is 6.18. The first-order chi connectivity index (χ1) is 13.9. The van der Waals surface area contributed by atoms with Crippen LogP contribution >= 0.6 is 0 Å². The second kappa shape index (κ2) is 8.99. The smallest absolute Gasteiger partial charge is 0.418 e. The van der Waals surface area contributed by atoms with Crippen molar-refractivity contribution < 1.29 is 19.1 Å². The van der Waals surface area contributed by atoms with Crippen LogP contribution in [0.5, 0.6) is 0 Å². The van der Waals surface area contributed by atoms with Crippen LogP contribution < -0.4 is 5.32 Å². The average Bonchev–Trinajstić information content (AvgIpc) is 3.07. The Kier molecular flexibility index (Phi) is 6.63. The molecule has 6 heteroatoms. The molecule has 1 N–H and O–H groups in total. The van der Waals surface area contributed by atoms with E-state index in [2.05, 4.69) is 26.1 Å². The number of fused-ring (bicyclic) bond motifs is 1. The molecule has 1 fully saturated rings. The number of esters is 1. The van der Waals surface area contributed by atoms with Crippen molar-refractivity contribution in [3.05, 3.63) is 36.0 Å². The average molecular weight is 401 g/mol. The summed E-state index contributed by atoms with van der Waals surface area (Å²) in [5.74, 6) is 1.10. The van der Waals surface area contributed by atoms with Gasteiger partial charge in [-0.05, 0) is 43.7 Å². The van der Waals surface area contributed by atoms with Gasteiger partial charge in [0.2, 0.25) is 0 Å². The van der Waals surface area contributed by atoms with E-state index < -0.39 is 12.1 Å². The third kappa shape index (κ3) is 4.32. The topological polar surface area (TPSA) is 69.6 Å². The largest absolute Gasteiger partial charge is 0.461 e. The van der Waals surface area contributed by atoms with Crippen LogP contribution in [0, 0.1) is 17.8 Å². The summed E-state index contributed by atoms with van der Waals surface area (Å²) in [7, 11) is 3.08. The van der Waals surface area contributed by atoms with Crippen molar-refractivity contribution in [2.24, 2.45) is 17.8 Å². The normalized spacial score (nSPS) is 23.2. The van der Waals surface area contributed by atoms with Gasteiger partial charge in [-0.3, -0.25) is 4.57 Å². The van der Waals surface area contributed by atoms with Crippen LogP contribution in [-0.4, -0.2) is 36.9 Å². The van der Waals surface area contributed by atoms with Gasteiger partial charge in [0.15, 0.2) is 0 Å². The lowest BCUT2D eigenvalue weighted by molar-refractivity contribution is -0.158. The number of methoxy groups -OCH3 is 1. The predicted octanol–water partition coefficient (Wildman–Crippen LogP) is 4.52. The quantitative estimate of drug-likeness (QED) is 0.747. The minimum absolute atomic E-state index is 0.0731. The molecule has 0 spiro atoms. The highest BCUT2D eigenvalue weighted by molar-refractivity contribution is 5.95. The summed E-state index contributed by atoms with van der Waals surface area (Å²) in [6.07, 6.45) is 4.27. The third-order valence-electron chi connectivity index (χ3n) is 6.18. The number of nitrogens with one attached hydrogen (secondary N) is 1. The highest BCUT2D eigenvalue weighted by atomic mass is 16.5. The van der Waals surface area contributed by atoms with E-state index in [4.69, 9.17) is 9.47 Å². The zero-order valence-corrected chi connectivity index (χ0v) is 18.0. The van der Waals surface area contributed by atoms with Gasteiger partial charge in [0, 0.05) is 17.1 Å². The Labute approximate surface area is 172 Å². The first kappa shape index (κ1) is 21.4. The summed E-state index contributed by atoms with van der Waals surface area (Å²) in [5.41, 5.74) is 1.41. The SMILES string of the molecule is CN[C@@H](C(=O)O[C@@H]1C[C@H](C)CC[C@H]1C(C)C)c1cn(C(=O)OC)c2ccccc12. The zero-order valence-electron chi connectivity index (χ0n) is 18.0. The predicted molar refractivity (Wildman–Crippen MR) is 113 cm³/mol. The maximum atomic E-state index is 13.2. The van der Waals surface area contributed by atoms with Crippen molar-refractivity contribution in [2.75, 3.05) is 14.2 Å². The van der Waals surface area contributed by atoms with Gasteiger partial charge < -0.3 is 14.8 Å². The molecule has 1 aromatic heterocycles. The molecule has 1 aliphatic rings. The van der Waals surface area contributed by atoms with Gasteiger partial charge >= 0.3 is 12.1 Å². The molecule has 1 heterocycles. The van der Waals surface area contributed by atoms with Crippen molar-refractivity contribution in [1.82, 2.24) is 9.88 Å². The number of rotatable bonds is 5. The fraction of sp³-hybridized carbons (Fsp3) is 0.565. The number of likely N-dealkylation sites (N-methyl/N-ethyl adjacent to an activating group) is 1. The second-order valence-electron chi connectivity index (χ2n) is 8.46. The highest BCUT2D eigenvalue weighted by Crippen LogP contribution is 2.36. The first-order valence-corrected chi connectivity index (χ1v) is 10.4. The van der Waals surface area contributed by atoms with Crippen LogP contribution in [-0.2, 0) is 14.3 Å². The standard InChI is InChI=1S/C23H32N2O4/c1-14(2)16-11-10-15(3)12-20(16)29-22(26)21(24-4)18-13-25(23(27)28-5)19-9-7-6-8-17(18)19/h6-9,13-16,20-21,24H,10-12H2,1-5H3/t15-,16+,20-,21-/m1/s1. The van der Waals surface area contributed by atoms with Gasteiger partial charge in [0.05, 0.1) is 12.6 Å². The molecular weight excluding hydrogens is 368 g/mol. The monoisotopic (exact) mass is 400 g/mol. The molecule has 0 radical (unpaired) electrons. The fourth-order valence-corrected chi connectivity index (χ4v) is 4.55. The molecule has 3 rings (SSSR count). The van der Waals surface area contributed by atoms with E-state index in [0.717, 1.165) is 18.2 Å². The van der Waals surface area contributed by atoms with Gasteiger partial charge in [-0.15, -0.1) is 0 Å². The van der Waals surface area contributed by atoms with Crippen LogP contribution in [0.4, 0.5) is 4.79 Å². The molecule has 1 aliphatic carbocycles. The first-order valence-electron chi connectivity index (χ1n) is 10.4. The number of hydrogen-bond acceptors (Lipinski definition) is 5. The summed E-state index contributed by atoms with van der Waals surface area (Å²) in [5, 5.41) is 3.91. The fourth-order valence-electron chi connectivity index (χ4n) is 4.55. The molecule has 0 aliphatic heterocycles. The minimum Gasteiger partial charge on any atom is -0.461 e. The molecule has 4 atom stereocenters. The van der Waals surface area contributed by atoms with Crippen LogP contribution in [0.15, 0.2) is 30.5 Å². The summed E-state index contributed by atoms with van der Waals surface area (Å²) < 4.78 is 12.4. The van der Waals surface area contributed by atoms with Crippen molar-refractivity contribution in [3.63, 3.8) is 0 Å². The van der Waals surface area contributed by atoms with Crippen molar-refractivity contribution in [2.45, 2.75) is 52.2 Å². The molecule has 2 aromatic rings. The molecule has 6 nitrogen and oxygen atoms in total. The number of carbonyl (C=O) groups is 2. The number of aromatic nitrogens is 1. The highest BCUT2D eigenvalue weighted by Gasteiger charge is 2.35. The van der Waals surface area contributed by atoms with Gasteiger partial charge in [0.25, 0.3) is 0 Å². The van der Waals surface area contributed by atoms with E-state index in [1.807, 2.05) is 24.3 Å². The van der Waals surface area contributed by atoms with Crippen LogP contribution in [0.1, 0.15) is 51.6 Å². The minimum atomic E-state index is -0.657. The maximum Gasteiger partial charge on any atom is 0.418 e. The Balaban J connectivity index is 1.91. The van der Waals surface area contributed by atoms with Gasteiger partial charge in [-0.1, -0.05) is 45.4 Å². The number of ether oxygens (including phenoxy) is 2. The van der Waals surface area contributed by atoms with E-state index in [1.54, 1.807) is 13.2 Å².